The normalized spacial score (nSPS) is 10.8. The van der Waals surface area contributed by atoms with E-state index < -0.39 is 0 Å². The van der Waals surface area contributed by atoms with Crippen LogP contribution in [0.15, 0.2) is 53.5 Å². The van der Waals surface area contributed by atoms with Crippen LogP contribution in [-0.4, -0.2) is 19.1 Å². The molecule has 0 heterocycles. The van der Waals surface area contributed by atoms with Crippen LogP contribution in [0, 0.1) is 13.8 Å². The van der Waals surface area contributed by atoms with E-state index in [2.05, 4.69) is 17.2 Å². The van der Waals surface area contributed by atoms with Crippen LogP contribution in [-0.2, 0) is 0 Å². The largest absolute Gasteiger partial charge is 0.493 e. The zero-order valence-corrected chi connectivity index (χ0v) is 15.9. The number of para-hydroxylation sites is 1. The van der Waals surface area contributed by atoms with Gasteiger partial charge >= 0.3 is 0 Å². The molecule has 0 aliphatic rings. The van der Waals surface area contributed by atoms with Gasteiger partial charge in [-0.3, -0.25) is 4.99 Å². The van der Waals surface area contributed by atoms with Crippen molar-refractivity contribution in [2.24, 2.45) is 10.7 Å². The van der Waals surface area contributed by atoms with Crippen LogP contribution in [0.3, 0.4) is 0 Å². The Morgan fingerprint density at radius 1 is 1.09 bits per heavy atom. The highest BCUT2D eigenvalue weighted by Crippen LogP contribution is 2.16. The number of halogens is 1. The fourth-order valence-electron chi connectivity index (χ4n) is 1.99. The van der Waals surface area contributed by atoms with Gasteiger partial charge in [0.25, 0.3) is 0 Å². The molecule has 3 N–H and O–H groups in total. The molecule has 0 aromatic heterocycles. The molecule has 23 heavy (non-hydrogen) atoms. The number of hydrogen-bond acceptors (Lipinski definition) is 2. The highest BCUT2D eigenvalue weighted by atomic mass is 127. The minimum absolute atomic E-state index is 0. The van der Waals surface area contributed by atoms with Crippen molar-refractivity contribution in [3.05, 3.63) is 59.7 Å². The van der Waals surface area contributed by atoms with Crippen molar-refractivity contribution in [1.29, 1.82) is 0 Å². The van der Waals surface area contributed by atoms with Gasteiger partial charge in [-0.05, 0) is 37.6 Å². The summed E-state index contributed by atoms with van der Waals surface area (Å²) in [7, 11) is 0. The monoisotopic (exact) mass is 425 g/mol. The topological polar surface area (TPSA) is 59.6 Å². The van der Waals surface area contributed by atoms with Gasteiger partial charge in [0.1, 0.15) is 5.75 Å². The van der Waals surface area contributed by atoms with Crippen molar-refractivity contribution < 1.29 is 4.74 Å². The Hall–Kier alpha value is -1.76. The molecule has 0 atom stereocenters. The summed E-state index contributed by atoms with van der Waals surface area (Å²) in [5.74, 6) is 1.36. The molecule has 2 aromatic carbocycles. The third-order valence-corrected chi connectivity index (χ3v) is 3.26. The number of rotatable bonds is 6. The summed E-state index contributed by atoms with van der Waals surface area (Å²) in [5, 5.41) is 3.07. The van der Waals surface area contributed by atoms with E-state index in [-0.39, 0.29) is 24.0 Å². The lowest BCUT2D eigenvalue weighted by Crippen LogP contribution is -2.23. The predicted molar refractivity (Wildman–Crippen MR) is 108 cm³/mol. The summed E-state index contributed by atoms with van der Waals surface area (Å²) < 4.78 is 5.72. The van der Waals surface area contributed by atoms with Crippen LogP contribution < -0.4 is 15.8 Å². The van der Waals surface area contributed by atoms with E-state index in [1.807, 2.05) is 55.5 Å². The lowest BCUT2D eigenvalue weighted by Gasteiger charge is -2.08. The minimum atomic E-state index is 0. The Morgan fingerprint density at radius 3 is 2.48 bits per heavy atom. The number of nitrogens with one attached hydrogen (secondary N) is 1. The number of hydrogen-bond donors (Lipinski definition) is 2. The minimum Gasteiger partial charge on any atom is -0.493 e. The molecule has 0 bridgehead atoms. The van der Waals surface area contributed by atoms with E-state index in [4.69, 9.17) is 10.5 Å². The Labute approximate surface area is 155 Å². The van der Waals surface area contributed by atoms with Gasteiger partial charge in [-0.25, -0.2) is 0 Å². The zero-order valence-electron chi connectivity index (χ0n) is 13.6. The fraction of sp³-hybridized carbons (Fsp3) is 0.278. The molecule has 0 fully saturated rings. The molecule has 4 nitrogen and oxygen atoms in total. The fourth-order valence-corrected chi connectivity index (χ4v) is 1.99. The molecule has 0 aliphatic carbocycles. The smallest absolute Gasteiger partial charge is 0.193 e. The molecular weight excluding hydrogens is 401 g/mol. The summed E-state index contributed by atoms with van der Waals surface area (Å²) >= 11 is 0. The second-order valence-electron chi connectivity index (χ2n) is 5.23. The number of nitrogens with two attached hydrogens (primary N) is 1. The van der Waals surface area contributed by atoms with E-state index in [0.29, 0.717) is 19.1 Å². The average molecular weight is 425 g/mol. The van der Waals surface area contributed by atoms with Crippen molar-refractivity contribution in [3.63, 3.8) is 0 Å². The molecule has 124 valence electrons. The third kappa shape index (κ3) is 6.90. The number of aryl methyl sites for hydroxylation is 2. The Bertz CT molecular complexity index is 626. The van der Waals surface area contributed by atoms with E-state index in [9.17, 15) is 0 Å². The number of ether oxygens (including phenoxy) is 1. The van der Waals surface area contributed by atoms with Crippen LogP contribution in [0.2, 0.25) is 0 Å². The molecule has 0 amide bonds. The highest BCUT2D eigenvalue weighted by Gasteiger charge is 1.98. The molecular formula is C18H24IN3O. The van der Waals surface area contributed by atoms with E-state index in [1.165, 1.54) is 5.56 Å². The number of aliphatic imine (C=N–C) groups is 1. The summed E-state index contributed by atoms with van der Waals surface area (Å²) in [5.41, 5.74) is 9.17. The predicted octanol–water partition coefficient (Wildman–Crippen LogP) is 4.12. The molecule has 0 saturated heterocycles. The van der Waals surface area contributed by atoms with Crippen LogP contribution in [0.25, 0.3) is 0 Å². The quantitative estimate of drug-likeness (QED) is 0.317. The molecule has 0 aliphatic heterocycles. The summed E-state index contributed by atoms with van der Waals surface area (Å²) in [4.78, 5) is 4.30. The molecule has 0 saturated carbocycles. The number of guanidine groups is 1. The van der Waals surface area contributed by atoms with E-state index >= 15 is 0 Å². The van der Waals surface area contributed by atoms with Gasteiger partial charge in [-0.15, -0.1) is 24.0 Å². The maximum absolute atomic E-state index is 5.86. The van der Waals surface area contributed by atoms with Gasteiger partial charge in [0, 0.05) is 18.7 Å². The van der Waals surface area contributed by atoms with Crippen LogP contribution in [0.5, 0.6) is 5.75 Å². The molecule has 0 spiro atoms. The maximum Gasteiger partial charge on any atom is 0.193 e. The van der Waals surface area contributed by atoms with Crippen molar-refractivity contribution in [2.75, 3.05) is 18.5 Å². The first kappa shape index (κ1) is 19.3. The second-order valence-corrected chi connectivity index (χ2v) is 5.23. The highest BCUT2D eigenvalue weighted by molar-refractivity contribution is 14.0. The first-order chi connectivity index (χ1) is 10.6. The van der Waals surface area contributed by atoms with Gasteiger partial charge in [-0.1, -0.05) is 35.9 Å². The number of benzene rings is 2. The van der Waals surface area contributed by atoms with Crippen molar-refractivity contribution in [2.45, 2.75) is 20.3 Å². The number of nitrogens with zero attached hydrogens (tertiary/aromatic N) is 1. The third-order valence-electron chi connectivity index (χ3n) is 3.26. The Balaban J connectivity index is 0.00000264. The SMILES string of the molecule is Cc1ccc(NC(N)=NCCCOc2ccccc2C)cc1.I. The van der Waals surface area contributed by atoms with Crippen LogP contribution in [0.4, 0.5) is 5.69 Å². The first-order valence-corrected chi connectivity index (χ1v) is 7.47. The Kier molecular flexibility index (Phi) is 8.47. The average Bonchev–Trinajstić information content (AvgIpc) is 2.51. The van der Waals surface area contributed by atoms with Crippen molar-refractivity contribution in [1.82, 2.24) is 0 Å². The first-order valence-electron chi connectivity index (χ1n) is 7.47. The van der Waals surface area contributed by atoms with Gasteiger partial charge in [0.2, 0.25) is 0 Å². The lowest BCUT2D eigenvalue weighted by atomic mass is 10.2. The van der Waals surface area contributed by atoms with Gasteiger partial charge in [0.15, 0.2) is 5.96 Å². The molecule has 0 unspecified atom stereocenters. The van der Waals surface area contributed by atoms with Gasteiger partial charge in [0.05, 0.1) is 6.61 Å². The number of anilines is 1. The summed E-state index contributed by atoms with van der Waals surface area (Å²) in [6.07, 6.45) is 0.824. The zero-order chi connectivity index (χ0) is 15.8. The summed E-state index contributed by atoms with van der Waals surface area (Å²) in [6.45, 7) is 5.36. The van der Waals surface area contributed by atoms with Crippen LogP contribution >= 0.6 is 24.0 Å². The van der Waals surface area contributed by atoms with Gasteiger partial charge < -0.3 is 15.8 Å². The maximum atomic E-state index is 5.86. The van der Waals surface area contributed by atoms with E-state index in [1.54, 1.807) is 0 Å². The lowest BCUT2D eigenvalue weighted by molar-refractivity contribution is 0.311. The molecule has 0 radical (unpaired) electrons. The molecule has 2 aromatic rings. The van der Waals surface area contributed by atoms with E-state index in [0.717, 1.165) is 23.4 Å². The molecule has 2 rings (SSSR count). The van der Waals surface area contributed by atoms with Gasteiger partial charge in [-0.2, -0.15) is 0 Å². The van der Waals surface area contributed by atoms with Crippen molar-refractivity contribution >= 4 is 35.6 Å². The van der Waals surface area contributed by atoms with Crippen LogP contribution in [0.1, 0.15) is 17.5 Å². The summed E-state index contributed by atoms with van der Waals surface area (Å²) in [6, 6.07) is 16.0. The second kappa shape index (κ2) is 10.1. The molecule has 5 heteroatoms. The Morgan fingerprint density at radius 2 is 1.78 bits per heavy atom. The van der Waals surface area contributed by atoms with Crippen molar-refractivity contribution in [3.8, 4) is 5.75 Å². The standard InChI is InChI=1S/C18H23N3O.HI/c1-14-8-10-16(11-9-14)21-18(19)20-12-5-13-22-17-7-4-3-6-15(17)2;/h3-4,6-11H,5,12-13H2,1-2H3,(H3,19,20,21);1H.